The summed E-state index contributed by atoms with van der Waals surface area (Å²) in [5.41, 5.74) is 0.697. The van der Waals surface area contributed by atoms with Crippen molar-refractivity contribution >= 4 is 17.5 Å². The summed E-state index contributed by atoms with van der Waals surface area (Å²) in [5.74, 6) is 0.939. The van der Waals surface area contributed by atoms with E-state index >= 15 is 0 Å². The minimum absolute atomic E-state index is 0.243. The lowest BCUT2D eigenvalue weighted by Gasteiger charge is -2.46. The standard InChI is InChI=1S/C23H25ClFNO2/c24-19-6-4-18(5-7-19)23(12-2-13-23)22(27)26-14-1-3-17(15-26)16-28-21-10-8-20(25)9-11-21/h4-11,17H,1-3,12-16H2. The highest BCUT2D eigenvalue weighted by Crippen LogP contribution is 2.46. The molecule has 1 atom stereocenters. The Morgan fingerprint density at radius 2 is 1.82 bits per heavy atom. The van der Waals surface area contributed by atoms with Crippen LogP contribution in [0.15, 0.2) is 48.5 Å². The van der Waals surface area contributed by atoms with Crippen molar-refractivity contribution in [1.29, 1.82) is 0 Å². The third-order valence-electron chi connectivity index (χ3n) is 6.12. The van der Waals surface area contributed by atoms with E-state index < -0.39 is 0 Å². The number of halogens is 2. The second-order valence-electron chi connectivity index (χ2n) is 7.97. The quantitative estimate of drug-likeness (QED) is 0.687. The number of carbonyl (C=O) groups is 1. The van der Waals surface area contributed by atoms with Crippen LogP contribution in [0.4, 0.5) is 4.39 Å². The van der Waals surface area contributed by atoms with Crippen LogP contribution in [0.1, 0.15) is 37.7 Å². The molecule has 1 heterocycles. The maximum Gasteiger partial charge on any atom is 0.233 e. The summed E-state index contributed by atoms with van der Waals surface area (Å²) >= 11 is 6.03. The van der Waals surface area contributed by atoms with Gasteiger partial charge in [0.15, 0.2) is 0 Å². The van der Waals surface area contributed by atoms with Gasteiger partial charge in [0.25, 0.3) is 0 Å². The Hall–Kier alpha value is -2.07. The first-order valence-electron chi connectivity index (χ1n) is 10.0. The molecule has 1 aliphatic carbocycles. The molecule has 4 rings (SSSR count). The molecule has 1 amide bonds. The van der Waals surface area contributed by atoms with Crippen molar-refractivity contribution in [3.05, 3.63) is 64.9 Å². The van der Waals surface area contributed by atoms with Crippen LogP contribution < -0.4 is 4.74 Å². The maximum absolute atomic E-state index is 13.5. The molecule has 1 aliphatic heterocycles. The smallest absolute Gasteiger partial charge is 0.233 e. The Labute approximate surface area is 170 Å². The lowest BCUT2D eigenvalue weighted by atomic mass is 9.63. The predicted octanol–water partition coefficient (Wildman–Crippen LogP) is 5.22. The van der Waals surface area contributed by atoms with E-state index in [0.717, 1.165) is 50.8 Å². The molecule has 2 fully saturated rings. The van der Waals surface area contributed by atoms with Crippen molar-refractivity contribution < 1.29 is 13.9 Å². The fourth-order valence-electron chi connectivity index (χ4n) is 4.36. The fraction of sp³-hybridized carbons (Fsp3) is 0.435. The summed E-state index contributed by atoms with van der Waals surface area (Å²) < 4.78 is 18.9. The van der Waals surface area contributed by atoms with Crippen LogP contribution in [-0.2, 0) is 10.2 Å². The number of piperidine rings is 1. The molecule has 0 aromatic heterocycles. The van der Waals surface area contributed by atoms with Gasteiger partial charge in [-0.1, -0.05) is 30.2 Å². The summed E-state index contributed by atoms with van der Waals surface area (Å²) in [4.78, 5) is 15.5. The molecule has 0 radical (unpaired) electrons. The first-order valence-corrected chi connectivity index (χ1v) is 10.4. The Morgan fingerprint density at radius 1 is 1.11 bits per heavy atom. The summed E-state index contributed by atoms with van der Waals surface area (Å²) in [6.45, 7) is 2.07. The van der Waals surface area contributed by atoms with Crippen LogP contribution in [0, 0.1) is 11.7 Å². The number of rotatable bonds is 5. The molecule has 1 unspecified atom stereocenters. The average molecular weight is 402 g/mol. The number of ether oxygens (including phenoxy) is 1. The van der Waals surface area contributed by atoms with Crippen molar-refractivity contribution in [3.8, 4) is 5.75 Å². The monoisotopic (exact) mass is 401 g/mol. The molecule has 2 aromatic carbocycles. The second kappa shape index (κ2) is 8.12. The molecule has 1 saturated carbocycles. The van der Waals surface area contributed by atoms with Gasteiger partial charge in [0.1, 0.15) is 11.6 Å². The normalized spacial score (nSPS) is 21.1. The van der Waals surface area contributed by atoms with Crippen LogP contribution in [0.5, 0.6) is 5.75 Å². The van der Waals surface area contributed by atoms with Crippen LogP contribution in [0.3, 0.4) is 0 Å². The number of hydrogen-bond donors (Lipinski definition) is 0. The molecule has 1 saturated heterocycles. The van der Waals surface area contributed by atoms with Crippen molar-refractivity contribution in [2.24, 2.45) is 5.92 Å². The van der Waals surface area contributed by atoms with Crippen molar-refractivity contribution in [3.63, 3.8) is 0 Å². The zero-order valence-corrected chi connectivity index (χ0v) is 16.6. The topological polar surface area (TPSA) is 29.5 Å². The zero-order chi connectivity index (χ0) is 19.6. The molecular weight excluding hydrogens is 377 g/mol. The first-order chi connectivity index (χ1) is 13.6. The van der Waals surface area contributed by atoms with Crippen LogP contribution >= 0.6 is 11.6 Å². The highest BCUT2D eigenvalue weighted by molar-refractivity contribution is 6.30. The van der Waals surface area contributed by atoms with Gasteiger partial charge in [0.05, 0.1) is 12.0 Å². The van der Waals surface area contributed by atoms with E-state index in [1.54, 1.807) is 12.1 Å². The molecule has 0 bridgehead atoms. The molecule has 0 spiro atoms. The summed E-state index contributed by atoms with van der Waals surface area (Å²) in [7, 11) is 0. The van der Waals surface area contributed by atoms with Crippen LogP contribution in [0.25, 0.3) is 0 Å². The third kappa shape index (κ3) is 3.88. The Balaban J connectivity index is 1.41. The van der Waals surface area contributed by atoms with E-state index in [2.05, 4.69) is 0 Å². The molecule has 2 aromatic rings. The van der Waals surface area contributed by atoms with Gasteiger partial charge in [-0.25, -0.2) is 4.39 Å². The Bertz CT molecular complexity index is 818. The Morgan fingerprint density at radius 3 is 2.46 bits per heavy atom. The van der Waals surface area contributed by atoms with Gasteiger partial charge in [-0.15, -0.1) is 0 Å². The van der Waals surface area contributed by atoms with E-state index in [1.807, 2.05) is 29.2 Å². The van der Waals surface area contributed by atoms with E-state index in [4.69, 9.17) is 16.3 Å². The number of benzene rings is 2. The van der Waals surface area contributed by atoms with Crippen molar-refractivity contribution in [1.82, 2.24) is 4.90 Å². The zero-order valence-electron chi connectivity index (χ0n) is 15.9. The van der Waals surface area contributed by atoms with Gasteiger partial charge in [-0.3, -0.25) is 4.79 Å². The second-order valence-corrected chi connectivity index (χ2v) is 8.40. The van der Waals surface area contributed by atoms with Gasteiger partial charge < -0.3 is 9.64 Å². The van der Waals surface area contributed by atoms with Gasteiger partial charge in [0.2, 0.25) is 5.91 Å². The number of carbonyl (C=O) groups excluding carboxylic acids is 1. The van der Waals surface area contributed by atoms with Crippen molar-refractivity contribution in [2.45, 2.75) is 37.5 Å². The van der Waals surface area contributed by atoms with E-state index in [0.29, 0.717) is 23.3 Å². The van der Waals surface area contributed by atoms with Crippen LogP contribution in [0.2, 0.25) is 5.02 Å². The molecule has 5 heteroatoms. The Kier molecular flexibility index (Phi) is 5.58. The molecule has 148 valence electrons. The minimum Gasteiger partial charge on any atom is -0.493 e. The highest BCUT2D eigenvalue weighted by atomic mass is 35.5. The third-order valence-corrected chi connectivity index (χ3v) is 6.37. The lowest BCUT2D eigenvalue weighted by molar-refractivity contribution is -0.143. The molecule has 0 N–H and O–H groups in total. The van der Waals surface area contributed by atoms with Gasteiger partial charge in [-0.05, 0) is 67.6 Å². The summed E-state index contributed by atoms with van der Waals surface area (Å²) in [5, 5.41) is 0.696. The van der Waals surface area contributed by atoms with E-state index in [9.17, 15) is 9.18 Å². The van der Waals surface area contributed by atoms with Gasteiger partial charge in [-0.2, -0.15) is 0 Å². The fourth-order valence-corrected chi connectivity index (χ4v) is 4.48. The number of hydrogen-bond acceptors (Lipinski definition) is 2. The van der Waals surface area contributed by atoms with Gasteiger partial charge in [0, 0.05) is 24.0 Å². The molecule has 28 heavy (non-hydrogen) atoms. The highest BCUT2D eigenvalue weighted by Gasteiger charge is 2.48. The van der Waals surface area contributed by atoms with Gasteiger partial charge >= 0.3 is 0 Å². The SMILES string of the molecule is O=C(N1CCCC(COc2ccc(F)cc2)C1)C1(c2ccc(Cl)cc2)CCC1. The maximum atomic E-state index is 13.5. The lowest BCUT2D eigenvalue weighted by Crippen LogP contribution is -2.54. The number of nitrogens with zero attached hydrogens (tertiary/aromatic N) is 1. The number of amides is 1. The first kappa shape index (κ1) is 19.3. The van der Waals surface area contributed by atoms with Crippen molar-refractivity contribution in [2.75, 3.05) is 19.7 Å². The molecular formula is C23H25ClFNO2. The summed E-state index contributed by atoms with van der Waals surface area (Å²) in [6, 6.07) is 13.8. The van der Waals surface area contributed by atoms with E-state index in [1.165, 1.54) is 12.1 Å². The van der Waals surface area contributed by atoms with Crippen LogP contribution in [-0.4, -0.2) is 30.5 Å². The summed E-state index contributed by atoms with van der Waals surface area (Å²) in [6.07, 6.45) is 4.92. The largest absolute Gasteiger partial charge is 0.493 e. The number of likely N-dealkylation sites (tertiary alicyclic amines) is 1. The average Bonchev–Trinajstić information content (AvgIpc) is 2.68. The van der Waals surface area contributed by atoms with E-state index in [-0.39, 0.29) is 17.1 Å². The molecule has 3 nitrogen and oxygen atoms in total. The predicted molar refractivity (Wildman–Crippen MR) is 108 cm³/mol. The molecule has 2 aliphatic rings. The minimum atomic E-state index is -0.385.